The van der Waals surface area contributed by atoms with Crippen molar-refractivity contribution < 1.29 is 32.5 Å². The maximum absolute atomic E-state index is 13.5. The van der Waals surface area contributed by atoms with Crippen LogP contribution in [0.2, 0.25) is 0 Å². The zero-order chi connectivity index (χ0) is 27.7. The van der Waals surface area contributed by atoms with Crippen molar-refractivity contribution in [3.05, 3.63) is 70.8 Å². The van der Waals surface area contributed by atoms with Crippen LogP contribution in [-0.4, -0.2) is 62.0 Å². The molecule has 38 heavy (non-hydrogen) atoms. The molecule has 204 valence electrons. The molecule has 2 aromatic rings. The Morgan fingerprint density at radius 2 is 1.82 bits per heavy atom. The first-order chi connectivity index (χ1) is 17.8. The van der Waals surface area contributed by atoms with Crippen LogP contribution in [0.4, 0.5) is 18.9 Å². The number of rotatable bonds is 9. The molecule has 2 aromatic carbocycles. The molecular formula is C28H32F3N2O4P. The van der Waals surface area contributed by atoms with Crippen LogP contribution in [0.3, 0.4) is 0 Å². The number of alkyl halides is 3. The second-order valence-electron chi connectivity index (χ2n) is 10.5. The summed E-state index contributed by atoms with van der Waals surface area (Å²) in [7, 11) is 2.57. The Hall–Kier alpha value is -2.74. The molecule has 0 spiro atoms. The highest BCUT2D eigenvalue weighted by atomic mass is 31.0. The molecule has 6 nitrogen and oxygen atoms in total. The summed E-state index contributed by atoms with van der Waals surface area (Å²) in [6, 6.07) is 13.6. The van der Waals surface area contributed by atoms with Gasteiger partial charge in [0.25, 0.3) is 5.91 Å². The third-order valence-corrected chi connectivity index (χ3v) is 7.02. The minimum Gasteiger partial charge on any atom is -0.483 e. The van der Waals surface area contributed by atoms with E-state index in [0.29, 0.717) is 59.6 Å². The van der Waals surface area contributed by atoms with Crippen molar-refractivity contribution in [3.63, 3.8) is 0 Å². The predicted octanol–water partition coefficient (Wildman–Crippen LogP) is 4.90. The molecule has 1 atom stereocenters. The molecule has 0 aliphatic carbocycles. The molecule has 4 rings (SSSR count). The lowest BCUT2D eigenvalue weighted by Crippen LogP contribution is -2.42. The van der Waals surface area contributed by atoms with Gasteiger partial charge in [-0.25, -0.2) is 0 Å². The number of carbonyl (C=O) groups is 1. The Balaban J connectivity index is 1.74. The quantitative estimate of drug-likeness (QED) is 0.358. The molecule has 2 heterocycles. The summed E-state index contributed by atoms with van der Waals surface area (Å²) >= 11 is 0. The van der Waals surface area contributed by atoms with Crippen LogP contribution >= 0.6 is 9.24 Å². The molecule has 1 amide bonds. The van der Waals surface area contributed by atoms with Gasteiger partial charge in [-0.2, -0.15) is 13.2 Å². The van der Waals surface area contributed by atoms with Gasteiger partial charge in [-0.05, 0) is 49.8 Å². The molecule has 0 radical (unpaired) electrons. The van der Waals surface area contributed by atoms with Crippen molar-refractivity contribution in [2.24, 2.45) is 10.4 Å². The van der Waals surface area contributed by atoms with Crippen molar-refractivity contribution in [1.82, 2.24) is 0 Å². The van der Waals surface area contributed by atoms with Crippen LogP contribution in [0.1, 0.15) is 31.9 Å². The number of aliphatic imine (C=N–C) groups is 1. The number of hydrogen-bond donors (Lipinski definition) is 1. The standard InChI is InChI=1S/C28H32F3N2O4P/c1-26(2,35)18-8-10-19(11-9-18)33-12-21(22(13-38)25(33)34)24(32-14-27(3)15-36-16-27)20-6-4-5-7-23(20)37-17-28(29,30)31/h4-11,35H,12-17,38H2,1-3H3. The third-order valence-electron chi connectivity index (χ3n) is 6.61. The second-order valence-corrected chi connectivity index (χ2v) is 10.9. The van der Waals surface area contributed by atoms with Crippen LogP contribution in [0.25, 0.3) is 0 Å². The molecule has 2 aliphatic heterocycles. The van der Waals surface area contributed by atoms with Crippen LogP contribution < -0.4 is 9.64 Å². The summed E-state index contributed by atoms with van der Waals surface area (Å²) in [5.41, 5.74) is 2.14. The summed E-state index contributed by atoms with van der Waals surface area (Å²) in [5, 5.41) is 10.3. The minimum atomic E-state index is -4.50. The number of benzene rings is 2. The van der Waals surface area contributed by atoms with Gasteiger partial charge in [-0.15, -0.1) is 9.24 Å². The minimum absolute atomic E-state index is 0.0506. The lowest BCUT2D eigenvalue weighted by molar-refractivity contribution is -0.153. The molecule has 10 heteroatoms. The zero-order valence-corrected chi connectivity index (χ0v) is 22.8. The van der Waals surface area contributed by atoms with E-state index in [1.54, 1.807) is 61.2 Å². The average molecular weight is 549 g/mol. The predicted molar refractivity (Wildman–Crippen MR) is 144 cm³/mol. The summed E-state index contributed by atoms with van der Waals surface area (Å²) in [4.78, 5) is 20.0. The van der Waals surface area contributed by atoms with Gasteiger partial charge in [0.15, 0.2) is 6.61 Å². The SMILES string of the molecule is CC1(CN=C(C2=C(CP)C(=O)N(c3ccc(C(C)(C)O)cc3)C2)c2ccccc2OCC(F)(F)F)COC1. The number of halogens is 3. The van der Waals surface area contributed by atoms with Gasteiger partial charge in [0.1, 0.15) is 5.75 Å². The topological polar surface area (TPSA) is 71.4 Å². The maximum Gasteiger partial charge on any atom is 0.422 e. The Morgan fingerprint density at radius 1 is 1.16 bits per heavy atom. The van der Waals surface area contributed by atoms with E-state index in [4.69, 9.17) is 14.5 Å². The molecule has 1 saturated heterocycles. The fourth-order valence-corrected chi connectivity index (χ4v) is 4.83. The average Bonchev–Trinajstić information content (AvgIpc) is 3.17. The summed E-state index contributed by atoms with van der Waals surface area (Å²) < 4.78 is 49.5. The van der Waals surface area contributed by atoms with E-state index < -0.39 is 18.4 Å². The van der Waals surface area contributed by atoms with E-state index in [0.717, 1.165) is 0 Å². The van der Waals surface area contributed by atoms with E-state index in [1.165, 1.54) is 6.07 Å². The van der Waals surface area contributed by atoms with Crippen LogP contribution in [0, 0.1) is 5.41 Å². The Bertz CT molecular complexity index is 1250. The number of hydrogen-bond acceptors (Lipinski definition) is 5. The number of nitrogens with zero attached hydrogens (tertiary/aromatic N) is 2. The number of amides is 1. The number of aliphatic hydroxyl groups is 1. The van der Waals surface area contributed by atoms with Gasteiger partial charge in [0, 0.05) is 34.4 Å². The molecule has 2 aliphatic rings. The molecule has 0 bridgehead atoms. The van der Waals surface area contributed by atoms with Crippen molar-refractivity contribution >= 4 is 26.5 Å². The number of ether oxygens (including phenoxy) is 2. The second kappa shape index (κ2) is 10.8. The van der Waals surface area contributed by atoms with Gasteiger partial charge in [0.2, 0.25) is 0 Å². The van der Waals surface area contributed by atoms with E-state index in [1.807, 2.05) is 6.92 Å². The first kappa shape index (κ1) is 28.3. The highest BCUT2D eigenvalue weighted by Crippen LogP contribution is 2.34. The molecule has 1 unspecified atom stereocenters. The normalized spacial score (nSPS) is 18.2. The monoisotopic (exact) mass is 548 g/mol. The third kappa shape index (κ3) is 6.28. The first-order valence-electron chi connectivity index (χ1n) is 12.3. The molecule has 0 aromatic heterocycles. The van der Waals surface area contributed by atoms with Crippen LogP contribution in [0.15, 0.2) is 64.7 Å². The van der Waals surface area contributed by atoms with E-state index in [2.05, 4.69) is 9.24 Å². The molecule has 1 fully saturated rings. The van der Waals surface area contributed by atoms with Gasteiger partial charge < -0.3 is 19.5 Å². The van der Waals surface area contributed by atoms with Gasteiger partial charge >= 0.3 is 6.18 Å². The van der Waals surface area contributed by atoms with Crippen molar-refractivity contribution in [2.45, 2.75) is 32.5 Å². The number of anilines is 1. The Labute approximate surface area is 222 Å². The van der Waals surface area contributed by atoms with Crippen LogP contribution in [-0.2, 0) is 15.1 Å². The van der Waals surface area contributed by atoms with Gasteiger partial charge in [-0.1, -0.05) is 31.2 Å². The highest BCUT2D eigenvalue weighted by Gasteiger charge is 2.37. The van der Waals surface area contributed by atoms with E-state index in [-0.39, 0.29) is 23.6 Å². The highest BCUT2D eigenvalue weighted by molar-refractivity contribution is 7.17. The Morgan fingerprint density at radius 3 is 2.37 bits per heavy atom. The smallest absolute Gasteiger partial charge is 0.422 e. The van der Waals surface area contributed by atoms with Crippen molar-refractivity contribution in [2.75, 3.05) is 44.0 Å². The van der Waals surface area contributed by atoms with E-state index >= 15 is 0 Å². The summed E-state index contributed by atoms with van der Waals surface area (Å²) in [5.74, 6) is -0.153. The van der Waals surface area contributed by atoms with Crippen LogP contribution in [0.5, 0.6) is 5.75 Å². The van der Waals surface area contributed by atoms with Gasteiger partial charge in [-0.3, -0.25) is 9.79 Å². The summed E-state index contributed by atoms with van der Waals surface area (Å²) in [6.07, 6.45) is -4.15. The molecule has 0 saturated carbocycles. The first-order valence-corrected chi connectivity index (χ1v) is 13.1. The van der Waals surface area contributed by atoms with E-state index in [9.17, 15) is 23.1 Å². The van der Waals surface area contributed by atoms with Crippen molar-refractivity contribution in [1.29, 1.82) is 0 Å². The molecular weight excluding hydrogens is 516 g/mol. The Kier molecular flexibility index (Phi) is 8.03. The lowest BCUT2D eigenvalue weighted by atomic mass is 9.88. The lowest BCUT2D eigenvalue weighted by Gasteiger charge is -2.36. The van der Waals surface area contributed by atoms with Gasteiger partial charge in [0.05, 0.1) is 31.1 Å². The largest absolute Gasteiger partial charge is 0.483 e. The summed E-state index contributed by atoms with van der Waals surface area (Å²) in [6.45, 7) is 5.62. The molecule has 1 N–H and O–H groups in total. The number of carbonyl (C=O) groups excluding carboxylic acids is 1. The maximum atomic E-state index is 13.5. The van der Waals surface area contributed by atoms with Crippen molar-refractivity contribution in [3.8, 4) is 5.75 Å². The fraction of sp³-hybridized carbons (Fsp3) is 0.429. The zero-order valence-electron chi connectivity index (χ0n) is 21.6. The number of para-hydroxylation sites is 1. The fourth-order valence-electron chi connectivity index (χ4n) is 4.41.